The van der Waals surface area contributed by atoms with Gasteiger partial charge < -0.3 is 10.5 Å². The number of alkyl halides is 3. The largest absolute Gasteiger partial charge is 0.419 e. The zero-order chi connectivity index (χ0) is 15.5. The zero-order valence-electron chi connectivity index (χ0n) is 11.5. The molecule has 1 aliphatic heterocycles. The molecule has 0 bridgehead atoms. The summed E-state index contributed by atoms with van der Waals surface area (Å²) in [7, 11) is 0. The van der Waals surface area contributed by atoms with Crippen LogP contribution in [0.4, 0.5) is 17.6 Å². The van der Waals surface area contributed by atoms with Crippen LogP contribution in [0.1, 0.15) is 17.5 Å². The SMILES string of the molecule is NCCC1CN(Cc2ccc(C(F)(F)F)c(F)c2)CCO1. The van der Waals surface area contributed by atoms with Crippen LogP contribution in [0.15, 0.2) is 18.2 Å². The summed E-state index contributed by atoms with van der Waals surface area (Å²) in [5.41, 5.74) is 4.77. The molecule has 0 amide bonds. The van der Waals surface area contributed by atoms with Gasteiger partial charge in [-0.15, -0.1) is 0 Å². The van der Waals surface area contributed by atoms with Crippen LogP contribution in [0.2, 0.25) is 0 Å². The second kappa shape index (κ2) is 6.72. The van der Waals surface area contributed by atoms with Crippen LogP contribution in [0, 0.1) is 5.82 Å². The van der Waals surface area contributed by atoms with E-state index < -0.39 is 17.6 Å². The van der Waals surface area contributed by atoms with Crippen LogP contribution < -0.4 is 5.73 Å². The molecule has 0 aromatic heterocycles. The van der Waals surface area contributed by atoms with Crippen LogP contribution in [-0.2, 0) is 17.5 Å². The quantitative estimate of drug-likeness (QED) is 0.868. The molecule has 1 unspecified atom stereocenters. The van der Waals surface area contributed by atoms with Crippen LogP contribution in [0.5, 0.6) is 0 Å². The molecule has 0 radical (unpaired) electrons. The molecule has 118 valence electrons. The fraction of sp³-hybridized carbons (Fsp3) is 0.571. The van der Waals surface area contributed by atoms with Gasteiger partial charge in [-0.05, 0) is 30.7 Å². The van der Waals surface area contributed by atoms with Crippen molar-refractivity contribution < 1.29 is 22.3 Å². The monoisotopic (exact) mass is 306 g/mol. The molecule has 0 aliphatic carbocycles. The van der Waals surface area contributed by atoms with Crippen molar-refractivity contribution in [1.29, 1.82) is 0 Å². The second-order valence-electron chi connectivity index (χ2n) is 5.12. The zero-order valence-corrected chi connectivity index (χ0v) is 11.5. The molecule has 2 rings (SSSR count). The second-order valence-corrected chi connectivity index (χ2v) is 5.12. The Kier molecular flexibility index (Phi) is 5.18. The fourth-order valence-electron chi connectivity index (χ4n) is 2.43. The van der Waals surface area contributed by atoms with Crippen LogP contribution in [0.25, 0.3) is 0 Å². The highest BCUT2D eigenvalue weighted by atomic mass is 19.4. The number of rotatable bonds is 4. The summed E-state index contributed by atoms with van der Waals surface area (Å²) < 4.78 is 56.5. The molecule has 1 aromatic carbocycles. The number of benzene rings is 1. The predicted octanol–water partition coefficient (Wildman–Crippen LogP) is 2.39. The third kappa shape index (κ3) is 4.39. The van der Waals surface area contributed by atoms with Crippen molar-refractivity contribution >= 4 is 0 Å². The summed E-state index contributed by atoms with van der Waals surface area (Å²) in [5.74, 6) is -1.23. The van der Waals surface area contributed by atoms with Crippen LogP contribution >= 0.6 is 0 Å². The average molecular weight is 306 g/mol. The Morgan fingerprint density at radius 3 is 2.71 bits per heavy atom. The number of nitrogens with zero attached hydrogens (tertiary/aromatic N) is 1. The number of hydrogen-bond donors (Lipinski definition) is 1. The highest BCUT2D eigenvalue weighted by Crippen LogP contribution is 2.31. The molecule has 3 nitrogen and oxygen atoms in total. The molecule has 1 heterocycles. The topological polar surface area (TPSA) is 38.5 Å². The highest BCUT2D eigenvalue weighted by Gasteiger charge is 2.34. The summed E-state index contributed by atoms with van der Waals surface area (Å²) >= 11 is 0. The van der Waals surface area contributed by atoms with Gasteiger partial charge >= 0.3 is 6.18 Å². The van der Waals surface area contributed by atoms with Gasteiger partial charge in [-0.1, -0.05) is 6.07 Å². The van der Waals surface area contributed by atoms with E-state index in [1.54, 1.807) is 0 Å². The molecular weight excluding hydrogens is 288 g/mol. The molecule has 1 atom stereocenters. The number of hydrogen-bond acceptors (Lipinski definition) is 3. The molecule has 2 N–H and O–H groups in total. The fourth-order valence-corrected chi connectivity index (χ4v) is 2.43. The van der Waals surface area contributed by atoms with Gasteiger partial charge in [0.1, 0.15) is 5.82 Å². The highest BCUT2D eigenvalue weighted by molar-refractivity contribution is 5.26. The first kappa shape index (κ1) is 16.2. The maximum Gasteiger partial charge on any atom is 0.419 e. The summed E-state index contributed by atoms with van der Waals surface area (Å²) in [5, 5.41) is 0. The molecule has 0 spiro atoms. The van der Waals surface area contributed by atoms with Crippen LogP contribution in [0.3, 0.4) is 0 Å². The Hall–Kier alpha value is -1.18. The van der Waals surface area contributed by atoms with Gasteiger partial charge in [-0.3, -0.25) is 4.90 Å². The maximum absolute atomic E-state index is 13.5. The van der Waals surface area contributed by atoms with Crippen molar-refractivity contribution in [3.63, 3.8) is 0 Å². The van der Waals surface area contributed by atoms with Crippen LogP contribution in [-0.4, -0.2) is 37.2 Å². The van der Waals surface area contributed by atoms with Crippen molar-refractivity contribution in [3.05, 3.63) is 35.1 Å². The van der Waals surface area contributed by atoms with Gasteiger partial charge in [0.2, 0.25) is 0 Å². The van der Waals surface area contributed by atoms with Gasteiger partial charge in [0.25, 0.3) is 0 Å². The van der Waals surface area contributed by atoms with Gasteiger partial charge in [0, 0.05) is 19.6 Å². The number of morpholine rings is 1. The summed E-state index contributed by atoms with van der Waals surface area (Å²) in [6, 6.07) is 3.07. The normalized spacial score (nSPS) is 20.7. The molecule has 1 saturated heterocycles. The molecule has 0 saturated carbocycles. The van der Waals surface area contributed by atoms with Gasteiger partial charge in [-0.25, -0.2) is 4.39 Å². The Bertz CT molecular complexity index is 477. The average Bonchev–Trinajstić information content (AvgIpc) is 2.38. The minimum absolute atomic E-state index is 0.0306. The maximum atomic E-state index is 13.5. The van der Waals surface area contributed by atoms with Crippen molar-refractivity contribution in [2.24, 2.45) is 5.73 Å². The van der Waals surface area contributed by atoms with Crippen molar-refractivity contribution in [1.82, 2.24) is 4.90 Å². The van der Waals surface area contributed by atoms with Gasteiger partial charge in [0.05, 0.1) is 18.3 Å². The number of halogens is 4. The lowest BCUT2D eigenvalue weighted by Crippen LogP contribution is -2.42. The Labute approximate surface area is 120 Å². The Morgan fingerprint density at radius 2 is 2.10 bits per heavy atom. The first-order valence-electron chi connectivity index (χ1n) is 6.80. The lowest BCUT2D eigenvalue weighted by atomic mass is 10.1. The predicted molar refractivity (Wildman–Crippen MR) is 70.1 cm³/mol. The van der Waals surface area contributed by atoms with E-state index in [1.807, 2.05) is 4.90 Å². The summed E-state index contributed by atoms with van der Waals surface area (Å²) in [6.45, 7) is 2.80. The standard InChI is InChI=1S/C14H18F4N2O/c15-13-7-10(1-2-12(13)14(16,17)18)8-20-5-6-21-11(9-20)3-4-19/h1-2,7,11H,3-6,8-9,19H2. The van der Waals surface area contributed by atoms with E-state index in [0.29, 0.717) is 38.3 Å². The smallest absolute Gasteiger partial charge is 0.376 e. The third-order valence-corrected chi connectivity index (χ3v) is 3.46. The van der Waals surface area contributed by atoms with Gasteiger partial charge in [-0.2, -0.15) is 13.2 Å². The molecule has 7 heteroatoms. The number of nitrogens with two attached hydrogens (primary N) is 1. The van der Waals surface area contributed by atoms with Crippen molar-refractivity contribution in [2.45, 2.75) is 25.2 Å². The van der Waals surface area contributed by atoms with E-state index in [2.05, 4.69) is 0 Å². The van der Waals surface area contributed by atoms with E-state index >= 15 is 0 Å². The minimum atomic E-state index is -4.66. The third-order valence-electron chi connectivity index (χ3n) is 3.46. The van der Waals surface area contributed by atoms with E-state index in [1.165, 1.54) is 6.07 Å². The molecule has 1 aliphatic rings. The molecule has 1 fully saturated rings. The minimum Gasteiger partial charge on any atom is -0.376 e. The Morgan fingerprint density at radius 1 is 1.33 bits per heavy atom. The lowest BCUT2D eigenvalue weighted by molar-refractivity contribution is -0.140. The molecular formula is C14H18F4N2O. The molecule has 1 aromatic rings. The Balaban J connectivity index is 2.01. The summed E-state index contributed by atoms with van der Waals surface area (Å²) in [4.78, 5) is 2.03. The van der Waals surface area contributed by atoms with Crippen molar-refractivity contribution in [3.8, 4) is 0 Å². The number of ether oxygens (including phenoxy) is 1. The first-order chi connectivity index (χ1) is 9.90. The molecule has 21 heavy (non-hydrogen) atoms. The van der Waals surface area contributed by atoms with E-state index in [-0.39, 0.29) is 6.10 Å². The van der Waals surface area contributed by atoms with E-state index in [0.717, 1.165) is 18.6 Å². The van der Waals surface area contributed by atoms with Gasteiger partial charge in [0.15, 0.2) is 0 Å². The van der Waals surface area contributed by atoms with E-state index in [9.17, 15) is 17.6 Å². The summed E-state index contributed by atoms with van der Waals surface area (Å²) in [6.07, 6.45) is -3.89. The van der Waals surface area contributed by atoms with E-state index in [4.69, 9.17) is 10.5 Å². The first-order valence-corrected chi connectivity index (χ1v) is 6.80. The van der Waals surface area contributed by atoms with Crippen molar-refractivity contribution in [2.75, 3.05) is 26.2 Å². The lowest BCUT2D eigenvalue weighted by Gasteiger charge is -2.32.